The van der Waals surface area contributed by atoms with Gasteiger partial charge in [-0.05, 0) is 25.1 Å². The molecule has 0 aliphatic rings. The van der Waals surface area contributed by atoms with E-state index in [-0.39, 0.29) is 5.97 Å². The van der Waals surface area contributed by atoms with Gasteiger partial charge in [-0.1, -0.05) is 26.3 Å². The fourth-order valence-corrected chi connectivity index (χ4v) is 4.40. The molecule has 0 aliphatic carbocycles. The molecule has 0 aromatic heterocycles. The molecule has 0 saturated carbocycles. The van der Waals surface area contributed by atoms with E-state index in [0.29, 0.717) is 6.61 Å². The maximum atomic E-state index is 10.8. The molecule has 1 unspecified atom stereocenters. The summed E-state index contributed by atoms with van der Waals surface area (Å²) in [5.41, 5.74) is 0. The van der Waals surface area contributed by atoms with E-state index in [9.17, 15) is 4.79 Å². The monoisotopic (exact) mass is 244 g/mol. The Morgan fingerprint density at radius 2 is 2.06 bits per heavy atom. The molecule has 0 aromatic carbocycles. The second kappa shape index (κ2) is 8.53. The Balaban J connectivity index is 3.63. The Morgan fingerprint density at radius 1 is 1.38 bits per heavy atom. The normalized spacial score (nSPS) is 14.2. The van der Waals surface area contributed by atoms with Crippen LogP contribution in [0.3, 0.4) is 0 Å². The molecular formula is C12H24O3Si. The first-order valence-electron chi connectivity index (χ1n) is 5.92. The van der Waals surface area contributed by atoms with Crippen LogP contribution < -0.4 is 0 Å². The summed E-state index contributed by atoms with van der Waals surface area (Å²) in [6.45, 7) is 8.30. The minimum Gasteiger partial charge on any atom is -0.463 e. The number of hydrogen-bond donors (Lipinski definition) is 0. The van der Waals surface area contributed by atoms with E-state index in [2.05, 4.69) is 20.0 Å². The van der Waals surface area contributed by atoms with Gasteiger partial charge in [-0.3, -0.25) is 0 Å². The fraction of sp³-hybridized carbons (Fsp3) is 0.750. The molecule has 0 heterocycles. The molecule has 0 rings (SSSR count). The molecule has 0 aromatic rings. The van der Waals surface area contributed by atoms with E-state index in [1.54, 1.807) is 0 Å². The summed E-state index contributed by atoms with van der Waals surface area (Å²) >= 11 is 0. The average Bonchev–Trinajstić information content (AvgIpc) is 2.28. The zero-order chi connectivity index (χ0) is 12.4. The van der Waals surface area contributed by atoms with Crippen molar-refractivity contribution < 1.29 is 14.0 Å². The molecule has 16 heavy (non-hydrogen) atoms. The highest BCUT2D eigenvalue weighted by Crippen LogP contribution is 2.21. The summed E-state index contributed by atoms with van der Waals surface area (Å²) in [5.74, 6) is -0.333. The molecule has 94 valence electrons. The molecule has 0 amide bonds. The molecule has 0 aliphatic heterocycles. The second-order valence-corrected chi connectivity index (χ2v) is 8.54. The second-order valence-electron chi connectivity index (χ2n) is 4.23. The van der Waals surface area contributed by atoms with Crippen molar-refractivity contribution in [2.45, 2.75) is 44.8 Å². The van der Waals surface area contributed by atoms with Gasteiger partial charge in [0.2, 0.25) is 0 Å². The Labute approximate surface area is 100.0 Å². The number of rotatable bonds is 9. The minimum absolute atomic E-state index is 0.333. The van der Waals surface area contributed by atoms with Crippen molar-refractivity contribution in [3.8, 4) is 0 Å². The average molecular weight is 244 g/mol. The molecule has 4 heteroatoms. The summed E-state index contributed by atoms with van der Waals surface area (Å²) < 4.78 is 10.6. The van der Waals surface area contributed by atoms with Gasteiger partial charge in [0.05, 0.1) is 6.61 Å². The van der Waals surface area contributed by atoms with Crippen molar-refractivity contribution in [1.29, 1.82) is 0 Å². The van der Waals surface area contributed by atoms with Gasteiger partial charge in [0.1, 0.15) is 0 Å². The van der Waals surface area contributed by atoms with Gasteiger partial charge in [-0.2, -0.15) is 0 Å². The highest BCUT2D eigenvalue weighted by atomic mass is 28.4. The van der Waals surface area contributed by atoms with Crippen LogP contribution >= 0.6 is 0 Å². The molecule has 0 radical (unpaired) electrons. The van der Waals surface area contributed by atoms with Crippen LogP contribution in [0.1, 0.15) is 26.2 Å². The molecule has 0 spiro atoms. The first-order chi connectivity index (χ1) is 7.58. The van der Waals surface area contributed by atoms with E-state index in [0.717, 1.165) is 18.9 Å². The zero-order valence-electron chi connectivity index (χ0n) is 10.8. The lowest BCUT2D eigenvalue weighted by Crippen LogP contribution is -2.32. The minimum atomic E-state index is -1.47. The summed E-state index contributed by atoms with van der Waals surface area (Å²) in [7, 11) is 0.350. The maximum absolute atomic E-state index is 10.8. The van der Waals surface area contributed by atoms with Crippen molar-refractivity contribution in [2.75, 3.05) is 13.7 Å². The standard InChI is InChI=1S/C12H24O3Si/c1-5-10-16(4,14-3)11-8-7-9-15-12(13)6-2/h6H,2,5,7-11H2,1,3-4H3. The van der Waals surface area contributed by atoms with E-state index >= 15 is 0 Å². The Bertz CT molecular complexity index is 218. The summed E-state index contributed by atoms with van der Waals surface area (Å²) in [6, 6.07) is 2.35. The van der Waals surface area contributed by atoms with Crippen LogP contribution in [-0.2, 0) is 14.0 Å². The molecule has 0 N–H and O–H groups in total. The van der Waals surface area contributed by atoms with Crippen LogP contribution in [0.5, 0.6) is 0 Å². The lowest BCUT2D eigenvalue weighted by molar-refractivity contribution is -0.137. The van der Waals surface area contributed by atoms with Gasteiger partial charge < -0.3 is 9.16 Å². The topological polar surface area (TPSA) is 35.5 Å². The van der Waals surface area contributed by atoms with Crippen LogP contribution in [-0.4, -0.2) is 28.0 Å². The summed E-state index contributed by atoms with van der Waals surface area (Å²) in [5, 5.41) is 0. The third-order valence-corrected chi connectivity index (χ3v) is 6.74. The first kappa shape index (κ1) is 15.4. The van der Waals surface area contributed by atoms with Crippen LogP contribution in [0, 0.1) is 0 Å². The molecule has 1 atom stereocenters. The third kappa shape index (κ3) is 6.79. The Hall–Kier alpha value is -0.613. The van der Waals surface area contributed by atoms with E-state index in [1.807, 2.05) is 7.11 Å². The van der Waals surface area contributed by atoms with Crippen LogP contribution in [0.4, 0.5) is 0 Å². The molecule has 0 saturated heterocycles. The van der Waals surface area contributed by atoms with Crippen LogP contribution in [0.2, 0.25) is 18.6 Å². The van der Waals surface area contributed by atoms with Gasteiger partial charge in [-0.25, -0.2) is 4.79 Å². The predicted octanol–water partition coefficient (Wildman–Crippen LogP) is 3.13. The summed E-state index contributed by atoms with van der Waals surface area (Å²) in [6.07, 6.45) is 4.36. The van der Waals surface area contributed by atoms with Gasteiger partial charge in [0, 0.05) is 13.2 Å². The van der Waals surface area contributed by atoms with Crippen molar-refractivity contribution in [2.24, 2.45) is 0 Å². The van der Waals surface area contributed by atoms with E-state index in [1.165, 1.54) is 18.5 Å². The quantitative estimate of drug-likeness (QED) is 0.270. The number of esters is 1. The largest absolute Gasteiger partial charge is 0.463 e. The van der Waals surface area contributed by atoms with Crippen molar-refractivity contribution >= 4 is 14.3 Å². The Morgan fingerprint density at radius 3 is 2.56 bits per heavy atom. The van der Waals surface area contributed by atoms with Gasteiger partial charge in [-0.15, -0.1) is 0 Å². The highest BCUT2D eigenvalue weighted by Gasteiger charge is 2.25. The SMILES string of the molecule is C=CC(=O)OCCCC[Si](C)(CCC)OC. The van der Waals surface area contributed by atoms with E-state index in [4.69, 9.17) is 9.16 Å². The number of unbranched alkanes of at least 4 members (excludes halogenated alkanes) is 1. The zero-order valence-corrected chi connectivity index (χ0v) is 11.8. The van der Waals surface area contributed by atoms with Gasteiger partial charge >= 0.3 is 5.97 Å². The number of carbonyl (C=O) groups excluding carboxylic acids is 1. The third-order valence-electron chi connectivity index (χ3n) is 2.78. The van der Waals surface area contributed by atoms with Crippen molar-refractivity contribution in [3.05, 3.63) is 12.7 Å². The van der Waals surface area contributed by atoms with Crippen molar-refractivity contribution in [1.82, 2.24) is 0 Å². The molecular weight excluding hydrogens is 220 g/mol. The predicted molar refractivity (Wildman–Crippen MR) is 68.9 cm³/mol. The van der Waals surface area contributed by atoms with Crippen LogP contribution in [0.15, 0.2) is 12.7 Å². The highest BCUT2D eigenvalue weighted by molar-refractivity contribution is 6.72. The van der Waals surface area contributed by atoms with E-state index < -0.39 is 8.32 Å². The maximum Gasteiger partial charge on any atom is 0.330 e. The van der Waals surface area contributed by atoms with Crippen molar-refractivity contribution in [3.63, 3.8) is 0 Å². The number of hydrogen-bond acceptors (Lipinski definition) is 3. The van der Waals surface area contributed by atoms with Gasteiger partial charge in [0.15, 0.2) is 8.32 Å². The molecule has 0 fully saturated rings. The van der Waals surface area contributed by atoms with Gasteiger partial charge in [0.25, 0.3) is 0 Å². The lowest BCUT2D eigenvalue weighted by Gasteiger charge is -2.24. The number of carbonyl (C=O) groups is 1. The molecule has 0 bridgehead atoms. The molecule has 3 nitrogen and oxygen atoms in total. The Kier molecular flexibility index (Phi) is 8.20. The smallest absolute Gasteiger partial charge is 0.330 e. The first-order valence-corrected chi connectivity index (χ1v) is 8.74. The van der Waals surface area contributed by atoms with Crippen LogP contribution in [0.25, 0.3) is 0 Å². The summed E-state index contributed by atoms with van der Waals surface area (Å²) in [4.78, 5) is 10.8. The lowest BCUT2D eigenvalue weighted by atomic mass is 10.4. The fourth-order valence-electron chi connectivity index (χ4n) is 1.69. The number of ether oxygens (including phenoxy) is 1.